The lowest BCUT2D eigenvalue weighted by atomic mass is 9.77. The van der Waals surface area contributed by atoms with Crippen molar-refractivity contribution in [3.05, 3.63) is 64.8 Å². The number of hydrogen-bond acceptors (Lipinski definition) is 4. The van der Waals surface area contributed by atoms with Gasteiger partial charge in [-0.25, -0.2) is 4.99 Å². The number of aryl methyl sites for hydroxylation is 3. The van der Waals surface area contributed by atoms with Crippen molar-refractivity contribution in [3.8, 4) is 0 Å². The van der Waals surface area contributed by atoms with Gasteiger partial charge in [0.25, 0.3) is 0 Å². The Labute approximate surface area is 171 Å². The third-order valence-electron chi connectivity index (χ3n) is 6.57. The monoisotopic (exact) mass is 383 g/mol. The predicted molar refractivity (Wildman–Crippen MR) is 119 cm³/mol. The van der Waals surface area contributed by atoms with Gasteiger partial charge in [-0.1, -0.05) is 13.0 Å². The quantitative estimate of drug-likeness (QED) is 0.582. The van der Waals surface area contributed by atoms with Crippen molar-refractivity contribution in [2.45, 2.75) is 40.5 Å². The third-order valence-corrected chi connectivity index (χ3v) is 6.57. The van der Waals surface area contributed by atoms with Gasteiger partial charge in [-0.3, -0.25) is 9.78 Å². The summed E-state index contributed by atoms with van der Waals surface area (Å²) < 4.78 is 0. The molecule has 0 unspecified atom stereocenters. The summed E-state index contributed by atoms with van der Waals surface area (Å²) in [6.07, 6.45) is 1.71. The normalized spacial score (nSPS) is 20.6. The Morgan fingerprint density at radius 3 is 2.66 bits per heavy atom. The van der Waals surface area contributed by atoms with Gasteiger partial charge in [0.2, 0.25) is 0 Å². The van der Waals surface area contributed by atoms with Crippen LogP contribution in [0.4, 0.5) is 11.4 Å². The van der Waals surface area contributed by atoms with E-state index in [1.165, 1.54) is 0 Å². The second kappa shape index (κ2) is 6.24. The molecule has 1 aromatic heterocycles. The molecule has 29 heavy (non-hydrogen) atoms. The van der Waals surface area contributed by atoms with Crippen LogP contribution in [-0.4, -0.2) is 23.1 Å². The highest BCUT2D eigenvalue weighted by molar-refractivity contribution is 6.26. The van der Waals surface area contributed by atoms with E-state index in [0.29, 0.717) is 0 Å². The van der Waals surface area contributed by atoms with Crippen molar-refractivity contribution in [2.24, 2.45) is 10.4 Å². The first-order chi connectivity index (χ1) is 13.9. The summed E-state index contributed by atoms with van der Waals surface area (Å²) in [4.78, 5) is 25.4. The minimum atomic E-state index is -0.562. The molecule has 5 rings (SSSR count). The van der Waals surface area contributed by atoms with Crippen LogP contribution in [0.2, 0.25) is 0 Å². The fourth-order valence-corrected chi connectivity index (χ4v) is 4.51. The largest absolute Gasteiger partial charge is 0.329 e. The number of hydrogen-bond donors (Lipinski definition) is 0. The molecular weight excluding hydrogens is 358 g/mol. The SMILES string of the molecule is CCc1ccc2cc(N3CC[C@@]4(C)C(=O)c5cc(C)c(C)cc5N=C34)ccc2n1. The second-order valence-corrected chi connectivity index (χ2v) is 8.49. The number of carbonyl (C=O) groups is 1. The van der Waals surface area contributed by atoms with Gasteiger partial charge in [0.05, 0.1) is 16.6 Å². The first-order valence-electron chi connectivity index (χ1n) is 10.3. The summed E-state index contributed by atoms with van der Waals surface area (Å²) in [5.74, 6) is 1.06. The molecule has 0 bridgehead atoms. The molecule has 2 aliphatic heterocycles. The van der Waals surface area contributed by atoms with E-state index in [1.807, 2.05) is 19.1 Å². The fourth-order valence-electron chi connectivity index (χ4n) is 4.51. The zero-order valence-corrected chi connectivity index (χ0v) is 17.4. The molecule has 4 heteroatoms. The lowest BCUT2D eigenvalue weighted by molar-refractivity contribution is 0.0887. The number of Topliss-reactive ketones (excluding diaryl/α,β-unsaturated/α-hetero) is 1. The number of nitrogens with zero attached hydrogens (tertiary/aromatic N) is 3. The first kappa shape index (κ1) is 18.0. The van der Waals surface area contributed by atoms with Crippen LogP contribution in [0.1, 0.15) is 47.4 Å². The highest BCUT2D eigenvalue weighted by Gasteiger charge is 2.50. The first-order valence-corrected chi connectivity index (χ1v) is 10.3. The average Bonchev–Trinajstić information content (AvgIpc) is 3.07. The van der Waals surface area contributed by atoms with E-state index in [0.717, 1.165) is 69.9 Å². The summed E-state index contributed by atoms with van der Waals surface area (Å²) >= 11 is 0. The standard InChI is InChI=1S/C25H25N3O/c1-5-18-7-6-17-14-19(8-9-21(17)26-18)28-11-10-25(4)23(29)20-12-15(2)16(3)13-22(20)27-24(25)28/h6-9,12-14H,5,10-11H2,1-4H3/t25-/m0/s1. The molecule has 146 valence electrons. The van der Waals surface area contributed by atoms with E-state index in [4.69, 9.17) is 9.98 Å². The fraction of sp³-hybridized carbons (Fsp3) is 0.320. The van der Waals surface area contributed by atoms with Gasteiger partial charge in [-0.2, -0.15) is 0 Å². The molecule has 2 aromatic carbocycles. The topological polar surface area (TPSA) is 45.6 Å². The van der Waals surface area contributed by atoms with Crippen molar-refractivity contribution < 1.29 is 4.79 Å². The van der Waals surface area contributed by atoms with Crippen molar-refractivity contribution in [1.29, 1.82) is 0 Å². The lowest BCUT2D eigenvalue weighted by Crippen LogP contribution is -2.40. The van der Waals surface area contributed by atoms with Crippen LogP contribution in [0.5, 0.6) is 0 Å². The highest BCUT2D eigenvalue weighted by Crippen LogP contribution is 2.45. The summed E-state index contributed by atoms with van der Waals surface area (Å²) in [6.45, 7) is 9.08. The summed E-state index contributed by atoms with van der Waals surface area (Å²) in [5.41, 5.74) is 6.49. The molecule has 4 nitrogen and oxygen atoms in total. The van der Waals surface area contributed by atoms with Crippen molar-refractivity contribution >= 4 is 33.9 Å². The Bertz CT molecular complexity index is 1210. The Hall–Kier alpha value is -3.01. The van der Waals surface area contributed by atoms with Crippen molar-refractivity contribution in [3.63, 3.8) is 0 Å². The maximum atomic E-state index is 13.4. The predicted octanol–water partition coefficient (Wildman–Crippen LogP) is 5.56. The van der Waals surface area contributed by atoms with Crippen LogP contribution >= 0.6 is 0 Å². The zero-order chi connectivity index (χ0) is 20.3. The zero-order valence-electron chi connectivity index (χ0n) is 17.4. The molecule has 0 saturated carbocycles. The Kier molecular flexibility index (Phi) is 3.89. The number of aromatic nitrogens is 1. The Balaban J connectivity index is 1.62. The molecular formula is C25H25N3O. The third kappa shape index (κ3) is 2.62. The van der Waals surface area contributed by atoms with Gasteiger partial charge < -0.3 is 4.90 Å². The minimum absolute atomic E-state index is 0.193. The smallest absolute Gasteiger partial charge is 0.178 e. The van der Waals surface area contributed by atoms with Gasteiger partial charge in [-0.05, 0) is 81.1 Å². The summed E-state index contributed by atoms with van der Waals surface area (Å²) in [7, 11) is 0. The molecule has 1 saturated heterocycles. The number of aliphatic imine (C=N–C) groups is 1. The van der Waals surface area contributed by atoms with Crippen LogP contribution < -0.4 is 4.90 Å². The molecule has 0 N–H and O–H groups in total. The second-order valence-electron chi connectivity index (χ2n) is 8.49. The number of fused-ring (bicyclic) bond motifs is 3. The van der Waals surface area contributed by atoms with Gasteiger partial charge in [0.15, 0.2) is 5.78 Å². The molecule has 0 spiro atoms. The van der Waals surface area contributed by atoms with E-state index in [9.17, 15) is 4.79 Å². The van der Waals surface area contributed by atoms with Crippen LogP contribution in [-0.2, 0) is 6.42 Å². The van der Waals surface area contributed by atoms with E-state index in [1.54, 1.807) is 0 Å². The van der Waals surface area contributed by atoms with E-state index < -0.39 is 5.41 Å². The molecule has 3 heterocycles. The highest BCUT2D eigenvalue weighted by atomic mass is 16.1. The summed E-state index contributed by atoms with van der Waals surface area (Å²) in [6, 6.07) is 14.6. The van der Waals surface area contributed by atoms with Gasteiger partial charge in [0, 0.05) is 28.9 Å². The number of carbonyl (C=O) groups excluding carboxylic acids is 1. The van der Waals surface area contributed by atoms with Crippen LogP contribution in [0, 0.1) is 19.3 Å². The Morgan fingerprint density at radius 2 is 1.86 bits per heavy atom. The van der Waals surface area contributed by atoms with Crippen molar-refractivity contribution in [1.82, 2.24) is 4.98 Å². The number of pyridine rings is 1. The van der Waals surface area contributed by atoms with Gasteiger partial charge >= 0.3 is 0 Å². The Morgan fingerprint density at radius 1 is 1.07 bits per heavy atom. The molecule has 3 aromatic rings. The number of ketones is 1. The molecule has 1 fully saturated rings. The molecule has 0 amide bonds. The molecule has 2 aliphatic rings. The maximum Gasteiger partial charge on any atom is 0.178 e. The number of amidine groups is 1. The number of benzene rings is 2. The molecule has 0 aliphatic carbocycles. The number of anilines is 1. The lowest BCUT2D eigenvalue weighted by Gasteiger charge is -2.31. The van der Waals surface area contributed by atoms with Gasteiger partial charge in [0.1, 0.15) is 5.84 Å². The van der Waals surface area contributed by atoms with E-state index in [-0.39, 0.29) is 5.78 Å². The number of rotatable bonds is 2. The molecule has 0 radical (unpaired) electrons. The van der Waals surface area contributed by atoms with Crippen molar-refractivity contribution in [2.75, 3.05) is 11.4 Å². The average molecular weight is 383 g/mol. The van der Waals surface area contributed by atoms with E-state index >= 15 is 0 Å². The van der Waals surface area contributed by atoms with Gasteiger partial charge in [-0.15, -0.1) is 0 Å². The molecule has 1 atom stereocenters. The minimum Gasteiger partial charge on any atom is -0.329 e. The van der Waals surface area contributed by atoms with E-state index in [2.05, 4.69) is 56.0 Å². The van der Waals surface area contributed by atoms with Crippen LogP contribution in [0.25, 0.3) is 10.9 Å². The van der Waals surface area contributed by atoms with Crippen LogP contribution in [0.15, 0.2) is 47.5 Å². The van der Waals surface area contributed by atoms with Crippen LogP contribution in [0.3, 0.4) is 0 Å². The summed E-state index contributed by atoms with van der Waals surface area (Å²) in [5, 5.41) is 1.11. The maximum absolute atomic E-state index is 13.4.